The summed E-state index contributed by atoms with van der Waals surface area (Å²) < 4.78 is 0. The molecule has 1 saturated carbocycles. The number of benzene rings is 1. The Labute approximate surface area is 110 Å². The Morgan fingerprint density at radius 2 is 1.94 bits per heavy atom. The Balaban J connectivity index is 1.91. The summed E-state index contributed by atoms with van der Waals surface area (Å²) in [6.07, 6.45) is 2.53. The summed E-state index contributed by atoms with van der Waals surface area (Å²) in [4.78, 5) is 4.26. The van der Waals surface area contributed by atoms with Gasteiger partial charge in [-0.3, -0.25) is 4.99 Å². The van der Waals surface area contributed by atoms with Crippen LogP contribution in [0.4, 0.5) is 0 Å². The van der Waals surface area contributed by atoms with Gasteiger partial charge < -0.3 is 10.6 Å². The van der Waals surface area contributed by atoms with Crippen LogP contribution in [0.3, 0.4) is 0 Å². The molecule has 0 bridgehead atoms. The summed E-state index contributed by atoms with van der Waals surface area (Å²) in [6.45, 7) is 5.38. The van der Waals surface area contributed by atoms with Gasteiger partial charge >= 0.3 is 0 Å². The van der Waals surface area contributed by atoms with Crippen LogP contribution in [0.2, 0.25) is 0 Å². The molecule has 3 nitrogen and oxygen atoms in total. The molecule has 2 N–H and O–H groups in total. The molecule has 1 aromatic rings. The zero-order valence-corrected chi connectivity index (χ0v) is 11.5. The lowest BCUT2D eigenvalue weighted by molar-refractivity contribution is 0.508. The fourth-order valence-corrected chi connectivity index (χ4v) is 1.91. The topological polar surface area (TPSA) is 36.4 Å². The third kappa shape index (κ3) is 3.49. The van der Waals surface area contributed by atoms with Crippen LogP contribution in [0.1, 0.15) is 32.3 Å². The summed E-state index contributed by atoms with van der Waals surface area (Å²) >= 11 is 0. The van der Waals surface area contributed by atoms with E-state index in [4.69, 9.17) is 0 Å². The Bertz CT molecular complexity index is 405. The van der Waals surface area contributed by atoms with Gasteiger partial charge in [0.1, 0.15) is 0 Å². The number of nitrogens with one attached hydrogen (secondary N) is 2. The molecule has 0 aromatic heterocycles. The van der Waals surface area contributed by atoms with E-state index in [2.05, 4.69) is 59.8 Å². The Morgan fingerprint density at radius 3 is 2.50 bits per heavy atom. The fraction of sp³-hybridized carbons (Fsp3) is 0.533. The standard InChI is InChI=1S/C15H23N3/c1-15(2,12-7-5-4-6-8-12)11-17-14(16-3)18-13-9-10-13/h4-8,13H,9-11H2,1-3H3,(H2,16,17,18). The predicted octanol–water partition coefficient (Wildman–Crippen LogP) is 2.29. The van der Waals surface area contributed by atoms with Crippen molar-refractivity contribution < 1.29 is 0 Å². The van der Waals surface area contributed by atoms with E-state index in [1.54, 1.807) is 0 Å². The summed E-state index contributed by atoms with van der Waals surface area (Å²) in [6, 6.07) is 11.2. The van der Waals surface area contributed by atoms with Gasteiger partial charge in [0.05, 0.1) is 0 Å². The maximum Gasteiger partial charge on any atom is 0.191 e. The first-order valence-electron chi connectivity index (χ1n) is 6.64. The van der Waals surface area contributed by atoms with Gasteiger partial charge in [-0.05, 0) is 18.4 Å². The van der Waals surface area contributed by atoms with E-state index in [1.807, 2.05) is 7.05 Å². The van der Waals surface area contributed by atoms with Gasteiger partial charge in [-0.15, -0.1) is 0 Å². The van der Waals surface area contributed by atoms with Gasteiger partial charge in [0, 0.05) is 25.0 Å². The van der Waals surface area contributed by atoms with E-state index in [0.717, 1.165) is 12.5 Å². The minimum Gasteiger partial charge on any atom is -0.356 e. The molecule has 1 aliphatic carbocycles. The van der Waals surface area contributed by atoms with Gasteiger partial charge in [0.15, 0.2) is 5.96 Å². The van der Waals surface area contributed by atoms with Gasteiger partial charge in [0.25, 0.3) is 0 Å². The molecule has 1 aromatic carbocycles. The van der Waals surface area contributed by atoms with Crippen LogP contribution in [0.25, 0.3) is 0 Å². The zero-order chi connectivity index (χ0) is 13.0. The fourth-order valence-electron chi connectivity index (χ4n) is 1.91. The van der Waals surface area contributed by atoms with Gasteiger partial charge in [-0.25, -0.2) is 0 Å². The van der Waals surface area contributed by atoms with E-state index in [1.165, 1.54) is 18.4 Å². The third-order valence-corrected chi connectivity index (χ3v) is 3.39. The molecule has 0 heterocycles. The molecule has 0 unspecified atom stereocenters. The quantitative estimate of drug-likeness (QED) is 0.631. The molecule has 0 amide bonds. The van der Waals surface area contributed by atoms with E-state index in [9.17, 15) is 0 Å². The maximum atomic E-state index is 4.26. The largest absolute Gasteiger partial charge is 0.356 e. The van der Waals surface area contributed by atoms with Crippen LogP contribution < -0.4 is 10.6 Å². The van der Waals surface area contributed by atoms with E-state index in [-0.39, 0.29) is 5.41 Å². The summed E-state index contributed by atoms with van der Waals surface area (Å²) in [5.74, 6) is 0.918. The van der Waals surface area contributed by atoms with E-state index in [0.29, 0.717) is 6.04 Å². The van der Waals surface area contributed by atoms with Crippen LogP contribution in [0, 0.1) is 0 Å². The van der Waals surface area contributed by atoms with Crippen LogP contribution in [-0.4, -0.2) is 25.6 Å². The minimum atomic E-state index is 0.0996. The molecule has 1 fully saturated rings. The second-order valence-corrected chi connectivity index (χ2v) is 5.59. The Hall–Kier alpha value is -1.51. The maximum absolute atomic E-state index is 4.26. The molecule has 0 aliphatic heterocycles. The van der Waals surface area contributed by atoms with E-state index >= 15 is 0 Å². The third-order valence-electron chi connectivity index (χ3n) is 3.39. The average molecular weight is 245 g/mol. The van der Waals surface area contributed by atoms with Gasteiger partial charge in [-0.1, -0.05) is 44.2 Å². The lowest BCUT2D eigenvalue weighted by Crippen LogP contribution is -2.44. The second-order valence-electron chi connectivity index (χ2n) is 5.59. The van der Waals surface area contributed by atoms with Crippen LogP contribution in [0.5, 0.6) is 0 Å². The molecule has 0 spiro atoms. The molecular formula is C15H23N3. The first-order chi connectivity index (χ1) is 8.62. The van der Waals surface area contributed by atoms with Gasteiger partial charge in [-0.2, -0.15) is 0 Å². The number of hydrogen-bond donors (Lipinski definition) is 2. The van der Waals surface area contributed by atoms with Crippen molar-refractivity contribution >= 4 is 5.96 Å². The first kappa shape index (κ1) is 12.9. The summed E-state index contributed by atoms with van der Waals surface area (Å²) in [7, 11) is 1.83. The van der Waals surface area contributed by atoms with Crippen molar-refractivity contribution in [2.45, 2.75) is 38.1 Å². The number of hydrogen-bond acceptors (Lipinski definition) is 1. The van der Waals surface area contributed by atoms with E-state index < -0.39 is 0 Å². The average Bonchev–Trinajstić information content (AvgIpc) is 3.19. The number of aliphatic imine (C=N–C) groups is 1. The number of rotatable bonds is 4. The molecule has 0 saturated heterocycles. The van der Waals surface area contributed by atoms with Crippen molar-refractivity contribution in [3.63, 3.8) is 0 Å². The van der Waals surface area contributed by atoms with Crippen molar-refractivity contribution in [1.29, 1.82) is 0 Å². The molecule has 98 valence electrons. The van der Waals surface area contributed by atoms with Crippen molar-refractivity contribution in [3.8, 4) is 0 Å². The van der Waals surface area contributed by atoms with Crippen LogP contribution >= 0.6 is 0 Å². The lowest BCUT2D eigenvalue weighted by atomic mass is 9.85. The van der Waals surface area contributed by atoms with Crippen LogP contribution in [-0.2, 0) is 5.41 Å². The second kappa shape index (κ2) is 5.42. The SMILES string of the molecule is CN=C(NCC(C)(C)c1ccccc1)NC1CC1. The molecule has 1 aliphatic rings. The molecule has 2 rings (SSSR count). The molecule has 0 radical (unpaired) electrons. The Morgan fingerprint density at radius 1 is 1.28 bits per heavy atom. The lowest BCUT2D eigenvalue weighted by Gasteiger charge is -2.26. The highest BCUT2D eigenvalue weighted by atomic mass is 15.2. The highest BCUT2D eigenvalue weighted by molar-refractivity contribution is 5.80. The summed E-state index contributed by atoms with van der Waals surface area (Å²) in [5, 5.41) is 6.82. The molecule has 0 atom stereocenters. The Kier molecular flexibility index (Phi) is 3.90. The normalized spacial score (nSPS) is 16.5. The van der Waals surface area contributed by atoms with Crippen LogP contribution in [0.15, 0.2) is 35.3 Å². The summed E-state index contributed by atoms with van der Waals surface area (Å²) in [5.41, 5.74) is 1.45. The van der Waals surface area contributed by atoms with Crippen molar-refractivity contribution in [1.82, 2.24) is 10.6 Å². The predicted molar refractivity (Wildman–Crippen MR) is 77.0 cm³/mol. The van der Waals surface area contributed by atoms with Gasteiger partial charge in [0.2, 0.25) is 0 Å². The monoisotopic (exact) mass is 245 g/mol. The number of nitrogens with zero attached hydrogens (tertiary/aromatic N) is 1. The first-order valence-corrected chi connectivity index (χ1v) is 6.64. The molecule has 3 heteroatoms. The highest BCUT2D eigenvalue weighted by Crippen LogP contribution is 2.22. The van der Waals surface area contributed by atoms with Crippen molar-refractivity contribution in [2.75, 3.05) is 13.6 Å². The zero-order valence-electron chi connectivity index (χ0n) is 11.5. The number of guanidine groups is 1. The smallest absolute Gasteiger partial charge is 0.191 e. The minimum absolute atomic E-state index is 0.0996. The molecular weight excluding hydrogens is 222 g/mol. The highest BCUT2D eigenvalue weighted by Gasteiger charge is 2.24. The van der Waals surface area contributed by atoms with Crippen molar-refractivity contribution in [2.24, 2.45) is 4.99 Å². The molecule has 18 heavy (non-hydrogen) atoms. The van der Waals surface area contributed by atoms with Crippen molar-refractivity contribution in [3.05, 3.63) is 35.9 Å².